The molecule has 0 radical (unpaired) electrons. The Bertz CT molecular complexity index is 684. The van der Waals surface area contributed by atoms with Crippen LogP contribution in [0.5, 0.6) is 11.5 Å². The van der Waals surface area contributed by atoms with Crippen LogP contribution in [0.2, 0.25) is 0 Å². The van der Waals surface area contributed by atoms with Crippen LogP contribution in [0, 0.1) is 0 Å². The molecule has 2 rings (SSSR count). The van der Waals surface area contributed by atoms with Gasteiger partial charge in [0.1, 0.15) is 0 Å². The van der Waals surface area contributed by atoms with Crippen LogP contribution in [0.25, 0.3) is 0 Å². The van der Waals surface area contributed by atoms with E-state index in [1.54, 1.807) is 31.2 Å². The third-order valence-electron chi connectivity index (χ3n) is 3.11. The maximum absolute atomic E-state index is 5.43. The van der Waals surface area contributed by atoms with Crippen LogP contribution in [0.15, 0.2) is 43.2 Å². The van der Waals surface area contributed by atoms with E-state index < -0.39 is 0 Å². The number of rotatable bonds is 7. The van der Waals surface area contributed by atoms with E-state index in [2.05, 4.69) is 22.3 Å². The molecule has 2 N–H and O–H groups in total. The summed E-state index contributed by atoms with van der Waals surface area (Å²) in [6, 6.07) is 5.77. The van der Waals surface area contributed by atoms with Crippen LogP contribution >= 0.6 is 12.2 Å². The van der Waals surface area contributed by atoms with Gasteiger partial charge in [-0.1, -0.05) is 18.2 Å². The molecule has 7 heteroatoms. The number of nitrogens with one attached hydrogen (secondary N) is 2. The molecule has 0 bridgehead atoms. The van der Waals surface area contributed by atoms with Crippen molar-refractivity contribution in [2.45, 2.75) is 6.54 Å². The van der Waals surface area contributed by atoms with Crippen LogP contribution in [-0.4, -0.2) is 35.7 Å². The molecule has 0 saturated carbocycles. The molecular weight excluding hydrogens is 312 g/mol. The van der Waals surface area contributed by atoms with Gasteiger partial charge in [0.2, 0.25) is 0 Å². The van der Waals surface area contributed by atoms with Crippen molar-refractivity contribution in [3.05, 3.63) is 48.8 Å². The van der Waals surface area contributed by atoms with Crippen molar-refractivity contribution in [3.63, 3.8) is 0 Å². The van der Waals surface area contributed by atoms with Gasteiger partial charge in [0, 0.05) is 18.3 Å². The van der Waals surface area contributed by atoms with Crippen molar-refractivity contribution < 1.29 is 9.47 Å². The Morgan fingerprint density at radius 1 is 1.39 bits per heavy atom. The Hall–Kier alpha value is -2.54. The van der Waals surface area contributed by atoms with E-state index in [0.29, 0.717) is 29.7 Å². The summed E-state index contributed by atoms with van der Waals surface area (Å²) in [4.78, 5) is 0. The predicted molar refractivity (Wildman–Crippen MR) is 95.3 cm³/mol. The molecule has 1 aromatic heterocycles. The fourth-order valence-corrected chi connectivity index (χ4v) is 2.31. The van der Waals surface area contributed by atoms with E-state index in [4.69, 9.17) is 21.7 Å². The van der Waals surface area contributed by atoms with Gasteiger partial charge in [-0.25, -0.2) is 0 Å². The minimum atomic E-state index is 0.531. The average molecular weight is 332 g/mol. The van der Waals surface area contributed by atoms with Crippen LogP contribution in [-0.2, 0) is 6.54 Å². The van der Waals surface area contributed by atoms with Crippen molar-refractivity contribution in [3.8, 4) is 11.5 Å². The molecule has 122 valence electrons. The molecule has 0 aliphatic carbocycles. The maximum Gasteiger partial charge on any atom is 0.171 e. The third kappa shape index (κ3) is 4.46. The molecule has 1 heterocycles. The summed E-state index contributed by atoms with van der Waals surface area (Å²) >= 11 is 5.17. The summed E-state index contributed by atoms with van der Waals surface area (Å²) in [6.45, 7) is 4.81. The topological polar surface area (TPSA) is 60.3 Å². The van der Waals surface area contributed by atoms with E-state index in [1.165, 1.54) is 0 Å². The van der Waals surface area contributed by atoms with Crippen LogP contribution in [0.4, 0.5) is 5.69 Å². The summed E-state index contributed by atoms with van der Waals surface area (Å²) in [5.74, 6) is 1.41. The molecule has 0 spiro atoms. The van der Waals surface area contributed by atoms with Gasteiger partial charge in [-0.05, 0) is 18.3 Å². The predicted octanol–water partition coefficient (Wildman–Crippen LogP) is 2.42. The highest BCUT2D eigenvalue weighted by atomic mass is 32.1. The smallest absolute Gasteiger partial charge is 0.171 e. The number of hydrogen-bond acceptors (Lipinski definition) is 4. The fraction of sp³-hybridized carbons (Fsp3) is 0.250. The van der Waals surface area contributed by atoms with Gasteiger partial charge in [-0.15, -0.1) is 6.58 Å². The molecule has 1 aromatic carbocycles. The Balaban J connectivity index is 2.07. The van der Waals surface area contributed by atoms with Crippen molar-refractivity contribution in [2.24, 2.45) is 0 Å². The SMILES string of the molecule is C=CCNC(=S)Nc1cnn(Cc2cccc(OC)c2OC)c1. The number of benzene rings is 1. The summed E-state index contributed by atoms with van der Waals surface area (Å²) < 4.78 is 12.5. The highest BCUT2D eigenvalue weighted by Crippen LogP contribution is 2.31. The summed E-state index contributed by atoms with van der Waals surface area (Å²) in [6.07, 6.45) is 5.34. The standard InChI is InChI=1S/C16H20N4O2S/c1-4-8-17-16(23)19-13-9-18-20(11-13)10-12-6-5-7-14(21-2)15(12)22-3/h4-7,9,11H,1,8,10H2,2-3H3,(H2,17,19,23). The summed E-state index contributed by atoms with van der Waals surface area (Å²) in [7, 11) is 3.25. The van der Waals surface area contributed by atoms with Gasteiger partial charge in [0.05, 0.1) is 32.6 Å². The first-order valence-electron chi connectivity index (χ1n) is 7.06. The molecule has 23 heavy (non-hydrogen) atoms. The number of anilines is 1. The first-order chi connectivity index (χ1) is 11.2. The second kappa shape index (κ2) is 8.19. The molecule has 0 amide bonds. The van der Waals surface area contributed by atoms with Crippen molar-refractivity contribution >= 4 is 23.0 Å². The number of ether oxygens (including phenoxy) is 2. The van der Waals surface area contributed by atoms with Crippen LogP contribution in [0.3, 0.4) is 0 Å². The van der Waals surface area contributed by atoms with Gasteiger partial charge < -0.3 is 20.1 Å². The minimum Gasteiger partial charge on any atom is -0.493 e. The van der Waals surface area contributed by atoms with E-state index >= 15 is 0 Å². The van der Waals surface area contributed by atoms with Crippen molar-refractivity contribution in [1.82, 2.24) is 15.1 Å². The van der Waals surface area contributed by atoms with Gasteiger partial charge >= 0.3 is 0 Å². The molecular formula is C16H20N4O2S. The quantitative estimate of drug-likeness (QED) is 0.600. The Labute approximate surface area is 141 Å². The Morgan fingerprint density at radius 2 is 2.22 bits per heavy atom. The minimum absolute atomic E-state index is 0.531. The Kier molecular flexibility index (Phi) is 5.99. The number of methoxy groups -OCH3 is 2. The third-order valence-corrected chi connectivity index (χ3v) is 3.36. The second-order valence-corrected chi connectivity index (χ2v) is 5.11. The largest absolute Gasteiger partial charge is 0.493 e. The van der Waals surface area contributed by atoms with E-state index in [0.717, 1.165) is 11.3 Å². The first-order valence-corrected chi connectivity index (χ1v) is 7.46. The number of nitrogens with zero attached hydrogens (tertiary/aromatic N) is 2. The highest BCUT2D eigenvalue weighted by molar-refractivity contribution is 7.80. The number of para-hydroxylation sites is 1. The maximum atomic E-state index is 5.43. The van der Waals surface area contributed by atoms with Gasteiger partial charge in [0.25, 0.3) is 0 Å². The van der Waals surface area contributed by atoms with Crippen molar-refractivity contribution in [1.29, 1.82) is 0 Å². The molecule has 0 aliphatic heterocycles. The van der Waals surface area contributed by atoms with E-state index in [9.17, 15) is 0 Å². The lowest BCUT2D eigenvalue weighted by atomic mass is 10.2. The number of hydrogen-bond donors (Lipinski definition) is 2. The molecule has 0 unspecified atom stereocenters. The number of aromatic nitrogens is 2. The van der Waals surface area contributed by atoms with Gasteiger partial charge in [0.15, 0.2) is 16.6 Å². The zero-order valence-corrected chi connectivity index (χ0v) is 14.0. The average Bonchev–Trinajstić information content (AvgIpc) is 2.99. The molecule has 0 atom stereocenters. The summed E-state index contributed by atoms with van der Waals surface area (Å²) in [5, 5.41) is 10.9. The first kappa shape index (κ1) is 16.8. The normalized spacial score (nSPS) is 10.0. The van der Waals surface area contributed by atoms with Crippen LogP contribution < -0.4 is 20.1 Å². The fourth-order valence-electron chi connectivity index (χ4n) is 2.11. The lowest BCUT2D eigenvalue weighted by molar-refractivity contribution is 0.350. The molecule has 0 saturated heterocycles. The second-order valence-electron chi connectivity index (χ2n) is 4.70. The highest BCUT2D eigenvalue weighted by Gasteiger charge is 2.10. The lowest BCUT2D eigenvalue weighted by Crippen LogP contribution is -2.28. The molecule has 2 aromatic rings. The van der Waals surface area contributed by atoms with Gasteiger partial charge in [-0.2, -0.15) is 5.10 Å². The van der Waals surface area contributed by atoms with Crippen molar-refractivity contribution in [2.75, 3.05) is 26.1 Å². The van der Waals surface area contributed by atoms with E-state index in [1.807, 2.05) is 24.4 Å². The Morgan fingerprint density at radius 3 is 2.91 bits per heavy atom. The number of thiocarbonyl (C=S) groups is 1. The summed E-state index contributed by atoms with van der Waals surface area (Å²) in [5.41, 5.74) is 1.79. The molecule has 0 aliphatic rings. The van der Waals surface area contributed by atoms with Crippen LogP contribution in [0.1, 0.15) is 5.56 Å². The monoisotopic (exact) mass is 332 g/mol. The molecule has 0 fully saturated rings. The zero-order chi connectivity index (χ0) is 16.7. The lowest BCUT2D eigenvalue weighted by Gasteiger charge is -2.12. The molecule has 6 nitrogen and oxygen atoms in total. The van der Waals surface area contributed by atoms with Gasteiger partial charge in [-0.3, -0.25) is 4.68 Å². The van der Waals surface area contributed by atoms with E-state index in [-0.39, 0.29) is 0 Å². The zero-order valence-electron chi connectivity index (χ0n) is 13.2.